The lowest BCUT2D eigenvalue weighted by atomic mass is 10.1. The van der Waals surface area contributed by atoms with Gasteiger partial charge < -0.3 is 10.1 Å². The highest BCUT2D eigenvalue weighted by Gasteiger charge is 2.28. The quantitative estimate of drug-likeness (QED) is 0.733. The molecular formula is C19H20N2O4S2. The summed E-state index contributed by atoms with van der Waals surface area (Å²) in [6.45, 7) is 2.05. The van der Waals surface area contributed by atoms with E-state index in [0.29, 0.717) is 16.1 Å². The van der Waals surface area contributed by atoms with E-state index in [0.717, 1.165) is 40.4 Å². The number of thioether (sulfide) groups is 1. The van der Waals surface area contributed by atoms with Gasteiger partial charge in [0.2, 0.25) is 0 Å². The molecule has 0 saturated heterocycles. The van der Waals surface area contributed by atoms with Crippen molar-refractivity contribution in [3.05, 3.63) is 45.8 Å². The van der Waals surface area contributed by atoms with Gasteiger partial charge in [-0.05, 0) is 48.8 Å². The molecule has 3 amide bonds. The summed E-state index contributed by atoms with van der Waals surface area (Å²) in [7, 11) is 1.20. The van der Waals surface area contributed by atoms with Crippen LogP contribution in [0.2, 0.25) is 0 Å². The molecule has 0 unspecified atom stereocenters. The average molecular weight is 405 g/mol. The molecule has 0 saturated carbocycles. The second kappa shape index (κ2) is 8.58. The number of nitrogens with one attached hydrogen (secondary N) is 2. The van der Waals surface area contributed by atoms with Gasteiger partial charge in [0.1, 0.15) is 5.00 Å². The fourth-order valence-electron chi connectivity index (χ4n) is 3.01. The molecule has 0 atom stereocenters. The molecule has 1 aromatic heterocycles. The van der Waals surface area contributed by atoms with Crippen LogP contribution in [0.3, 0.4) is 0 Å². The van der Waals surface area contributed by atoms with Crippen molar-refractivity contribution in [1.29, 1.82) is 0 Å². The first-order chi connectivity index (χ1) is 13.0. The van der Waals surface area contributed by atoms with E-state index < -0.39 is 12.0 Å². The van der Waals surface area contributed by atoms with Crippen LogP contribution in [0.4, 0.5) is 9.80 Å². The zero-order valence-corrected chi connectivity index (χ0v) is 16.7. The van der Waals surface area contributed by atoms with Crippen molar-refractivity contribution in [2.24, 2.45) is 0 Å². The van der Waals surface area contributed by atoms with Gasteiger partial charge in [-0.3, -0.25) is 14.9 Å². The molecule has 2 aromatic rings. The summed E-state index contributed by atoms with van der Waals surface area (Å²) in [5.41, 5.74) is 1.80. The Balaban J connectivity index is 1.86. The largest absolute Gasteiger partial charge is 0.453 e. The number of aryl methyl sites for hydroxylation is 1. The standard InChI is InChI=1S/C19H20N2O4S2/c1-3-26-12-7-4-6-11(10-12)16(22)20-18-15(17(23)21-19(24)25-2)13-8-5-9-14(13)27-18/h4,6-7,10H,3,5,8-9H2,1-2H3,(H,20,22)(H,21,23,24). The molecule has 8 heteroatoms. The van der Waals surface area contributed by atoms with Crippen LogP contribution in [0.5, 0.6) is 0 Å². The van der Waals surface area contributed by atoms with Gasteiger partial charge in [-0.15, -0.1) is 23.1 Å². The van der Waals surface area contributed by atoms with Crippen molar-refractivity contribution in [3.63, 3.8) is 0 Å². The van der Waals surface area contributed by atoms with Crippen molar-refractivity contribution in [1.82, 2.24) is 5.32 Å². The third-order valence-electron chi connectivity index (χ3n) is 4.18. The minimum atomic E-state index is -0.820. The number of carbonyl (C=O) groups is 3. The monoisotopic (exact) mass is 404 g/mol. The van der Waals surface area contributed by atoms with Gasteiger partial charge in [0.15, 0.2) is 0 Å². The summed E-state index contributed by atoms with van der Waals surface area (Å²) in [5, 5.41) is 5.52. The summed E-state index contributed by atoms with van der Waals surface area (Å²) in [4.78, 5) is 38.8. The van der Waals surface area contributed by atoms with E-state index in [9.17, 15) is 14.4 Å². The van der Waals surface area contributed by atoms with Gasteiger partial charge in [-0.25, -0.2) is 4.79 Å². The predicted octanol–water partition coefficient (Wildman–Crippen LogP) is 4.10. The summed E-state index contributed by atoms with van der Waals surface area (Å²) in [5.74, 6) is 0.0908. The minimum Gasteiger partial charge on any atom is -0.453 e. The molecule has 0 fully saturated rings. The smallest absolute Gasteiger partial charge is 0.413 e. The first-order valence-electron chi connectivity index (χ1n) is 8.61. The molecule has 0 spiro atoms. The van der Waals surface area contributed by atoms with Crippen LogP contribution in [-0.2, 0) is 17.6 Å². The lowest BCUT2D eigenvalue weighted by Gasteiger charge is -2.09. The van der Waals surface area contributed by atoms with Crippen molar-refractivity contribution >= 4 is 46.0 Å². The number of ether oxygens (including phenoxy) is 1. The normalized spacial score (nSPS) is 12.4. The van der Waals surface area contributed by atoms with Crippen LogP contribution in [0, 0.1) is 0 Å². The summed E-state index contributed by atoms with van der Waals surface area (Å²) >= 11 is 3.06. The van der Waals surface area contributed by atoms with E-state index in [-0.39, 0.29) is 5.91 Å². The molecular weight excluding hydrogens is 384 g/mol. The number of thiophene rings is 1. The van der Waals surface area contributed by atoms with Crippen LogP contribution in [0.15, 0.2) is 29.2 Å². The van der Waals surface area contributed by atoms with E-state index in [4.69, 9.17) is 0 Å². The Hall–Kier alpha value is -2.32. The number of hydrogen-bond donors (Lipinski definition) is 2. The Morgan fingerprint density at radius 3 is 2.78 bits per heavy atom. The van der Waals surface area contributed by atoms with Crippen molar-refractivity contribution in [2.45, 2.75) is 31.1 Å². The molecule has 1 aromatic carbocycles. The van der Waals surface area contributed by atoms with Gasteiger partial charge in [-0.2, -0.15) is 0 Å². The van der Waals surface area contributed by atoms with Crippen molar-refractivity contribution in [3.8, 4) is 0 Å². The minimum absolute atomic E-state index is 0.277. The van der Waals surface area contributed by atoms with Crippen LogP contribution in [0.25, 0.3) is 0 Å². The zero-order chi connectivity index (χ0) is 19.4. The fraction of sp³-hybridized carbons (Fsp3) is 0.316. The van der Waals surface area contributed by atoms with E-state index in [1.54, 1.807) is 17.8 Å². The second-order valence-electron chi connectivity index (χ2n) is 5.92. The topological polar surface area (TPSA) is 84.5 Å². The highest BCUT2D eigenvalue weighted by atomic mass is 32.2. The average Bonchev–Trinajstić information content (AvgIpc) is 3.22. The number of anilines is 1. The van der Waals surface area contributed by atoms with E-state index in [1.165, 1.54) is 18.4 Å². The third kappa shape index (κ3) is 4.33. The van der Waals surface area contributed by atoms with Crippen LogP contribution in [-0.4, -0.2) is 30.8 Å². The van der Waals surface area contributed by atoms with E-state index in [2.05, 4.69) is 22.3 Å². The first-order valence-corrected chi connectivity index (χ1v) is 10.4. The molecule has 27 heavy (non-hydrogen) atoms. The molecule has 142 valence electrons. The zero-order valence-electron chi connectivity index (χ0n) is 15.1. The lowest BCUT2D eigenvalue weighted by Crippen LogP contribution is -2.31. The number of amides is 3. The molecule has 1 aliphatic rings. The van der Waals surface area contributed by atoms with Gasteiger partial charge in [-0.1, -0.05) is 13.0 Å². The third-order valence-corrected chi connectivity index (χ3v) is 6.27. The van der Waals surface area contributed by atoms with E-state index in [1.807, 2.05) is 18.2 Å². The van der Waals surface area contributed by atoms with Crippen molar-refractivity contribution in [2.75, 3.05) is 18.2 Å². The number of hydrogen-bond acceptors (Lipinski definition) is 6. The summed E-state index contributed by atoms with van der Waals surface area (Å²) in [6.07, 6.45) is 1.77. The van der Waals surface area contributed by atoms with Crippen molar-refractivity contribution < 1.29 is 19.1 Å². The Bertz CT molecular complexity index is 892. The van der Waals surface area contributed by atoms with Crippen LogP contribution >= 0.6 is 23.1 Å². The molecule has 0 bridgehead atoms. The van der Waals surface area contributed by atoms with Crippen LogP contribution in [0.1, 0.15) is 44.5 Å². The number of benzene rings is 1. The van der Waals surface area contributed by atoms with Gasteiger partial charge in [0.25, 0.3) is 11.8 Å². The Morgan fingerprint density at radius 2 is 2.04 bits per heavy atom. The predicted molar refractivity (Wildman–Crippen MR) is 107 cm³/mol. The Morgan fingerprint density at radius 1 is 1.22 bits per heavy atom. The van der Waals surface area contributed by atoms with Gasteiger partial charge in [0.05, 0.1) is 12.7 Å². The summed E-state index contributed by atoms with van der Waals surface area (Å²) < 4.78 is 4.51. The van der Waals surface area contributed by atoms with Gasteiger partial charge >= 0.3 is 6.09 Å². The Labute approximate surface area is 165 Å². The molecule has 6 nitrogen and oxygen atoms in total. The van der Waals surface area contributed by atoms with Gasteiger partial charge in [0, 0.05) is 15.3 Å². The van der Waals surface area contributed by atoms with Crippen LogP contribution < -0.4 is 10.6 Å². The highest BCUT2D eigenvalue weighted by molar-refractivity contribution is 7.99. The number of fused-ring (bicyclic) bond motifs is 1. The maximum Gasteiger partial charge on any atom is 0.413 e. The van der Waals surface area contributed by atoms with E-state index >= 15 is 0 Å². The molecule has 0 aliphatic heterocycles. The maximum atomic E-state index is 12.7. The number of carbonyl (C=O) groups excluding carboxylic acids is 3. The number of imide groups is 1. The fourth-order valence-corrected chi connectivity index (χ4v) is 5.01. The lowest BCUT2D eigenvalue weighted by molar-refractivity contribution is 0.0937. The number of rotatable bonds is 5. The SMILES string of the molecule is CCSc1cccc(C(=O)Nc2sc3c(c2C(=O)NC(=O)OC)CCC3)c1. The molecule has 3 rings (SSSR count). The second-order valence-corrected chi connectivity index (χ2v) is 8.36. The highest BCUT2D eigenvalue weighted by Crippen LogP contribution is 2.39. The molecule has 1 aliphatic carbocycles. The first kappa shape index (κ1) is 19.4. The Kier molecular flexibility index (Phi) is 6.18. The molecule has 2 N–H and O–H groups in total. The summed E-state index contributed by atoms with van der Waals surface area (Å²) in [6, 6.07) is 7.37. The molecule has 0 radical (unpaired) electrons. The maximum absolute atomic E-state index is 12.7. The number of alkyl carbamates (subject to hydrolysis) is 1. The number of methoxy groups -OCH3 is 1. The molecule has 1 heterocycles.